The molecule has 2 rings (SSSR count). The third-order valence-electron chi connectivity index (χ3n) is 3.03. The Balaban J connectivity index is 2.43. The highest BCUT2D eigenvalue weighted by atomic mass is 16.5. The molecule has 0 unspecified atom stereocenters. The Morgan fingerprint density at radius 2 is 2.06 bits per heavy atom. The van der Waals surface area contributed by atoms with Gasteiger partial charge in [-0.05, 0) is 31.0 Å². The molecule has 0 bridgehead atoms. The molecule has 18 heavy (non-hydrogen) atoms. The van der Waals surface area contributed by atoms with Gasteiger partial charge in [0.25, 0.3) is 0 Å². The van der Waals surface area contributed by atoms with Gasteiger partial charge in [0.2, 0.25) is 0 Å². The molecule has 0 saturated carbocycles. The van der Waals surface area contributed by atoms with E-state index in [9.17, 15) is 0 Å². The van der Waals surface area contributed by atoms with Crippen molar-refractivity contribution >= 4 is 5.82 Å². The third kappa shape index (κ3) is 2.19. The lowest BCUT2D eigenvalue weighted by atomic mass is 10.1. The lowest BCUT2D eigenvalue weighted by Crippen LogP contribution is -2.10. The van der Waals surface area contributed by atoms with Gasteiger partial charge in [-0.3, -0.25) is 4.68 Å². The van der Waals surface area contributed by atoms with Crippen molar-refractivity contribution in [2.75, 3.05) is 19.5 Å². The molecule has 0 aliphatic carbocycles. The summed E-state index contributed by atoms with van der Waals surface area (Å²) in [5.41, 5.74) is 9.48. The zero-order valence-corrected chi connectivity index (χ0v) is 10.8. The van der Waals surface area contributed by atoms with Crippen LogP contribution in [-0.2, 0) is 11.3 Å². The van der Waals surface area contributed by atoms with E-state index in [1.54, 1.807) is 13.3 Å². The van der Waals surface area contributed by atoms with Crippen molar-refractivity contribution in [2.45, 2.75) is 20.4 Å². The van der Waals surface area contributed by atoms with E-state index in [4.69, 9.17) is 10.5 Å². The maximum absolute atomic E-state index is 5.75. The van der Waals surface area contributed by atoms with E-state index in [-0.39, 0.29) is 0 Å². The van der Waals surface area contributed by atoms with E-state index in [1.165, 1.54) is 0 Å². The van der Waals surface area contributed by atoms with Gasteiger partial charge in [0.05, 0.1) is 18.8 Å². The monoisotopic (exact) mass is 247 g/mol. The summed E-state index contributed by atoms with van der Waals surface area (Å²) in [5.74, 6) is 0.471. The van der Waals surface area contributed by atoms with Crippen molar-refractivity contribution in [1.29, 1.82) is 0 Å². The average Bonchev–Trinajstić information content (AvgIpc) is 2.82. The summed E-state index contributed by atoms with van der Waals surface area (Å²) in [6, 6.07) is 1.92. The first-order valence-electron chi connectivity index (χ1n) is 5.75. The van der Waals surface area contributed by atoms with Crippen LogP contribution in [0.4, 0.5) is 5.82 Å². The van der Waals surface area contributed by atoms with E-state index in [0.717, 1.165) is 22.5 Å². The molecule has 0 aromatic carbocycles. The van der Waals surface area contributed by atoms with Crippen molar-refractivity contribution in [3.63, 3.8) is 0 Å². The summed E-state index contributed by atoms with van der Waals surface area (Å²) in [5, 5.41) is 12.4. The first kappa shape index (κ1) is 12.5. The third-order valence-corrected chi connectivity index (χ3v) is 3.03. The number of methoxy groups -OCH3 is 1. The fourth-order valence-electron chi connectivity index (χ4n) is 1.76. The predicted octanol–water partition coefficient (Wildman–Crippen LogP) is 1.19. The van der Waals surface area contributed by atoms with Crippen LogP contribution in [0, 0.1) is 13.8 Å². The lowest BCUT2D eigenvalue weighted by Gasteiger charge is -2.10. The molecule has 0 aliphatic rings. The Hall–Kier alpha value is -1.95. The average molecular weight is 247 g/mol. The number of hydrogen-bond acceptors (Lipinski definition) is 5. The van der Waals surface area contributed by atoms with Crippen LogP contribution in [-0.4, -0.2) is 33.7 Å². The molecule has 2 N–H and O–H groups in total. The maximum atomic E-state index is 5.75. The van der Waals surface area contributed by atoms with Crippen LogP contribution in [0.25, 0.3) is 11.4 Å². The van der Waals surface area contributed by atoms with Gasteiger partial charge in [0, 0.05) is 13.3 Å². The van der Waals surface area contributed by atoms with Gasteiger partial charge in [-0.2, -0.15) is 5.10 Å². The second-order valence-corrected chi connectivity index (χ2v) is 4.12. The molecular formula is C12H17N5O. The molecule has 0 saturated heterocycles. The molecule has 96 valence electrons. The number of nitrogens with zero attached hydrogens (tertiary/aromatic N) is 4. The molecule has 0 aliphatic heterocycles. The Morgan fingerprint density at radius 1 is 1.28 bits per heavy atom. The molecule has 0 fully saturated rings. The zero-order chi connectivity index (χ0) is 13.1. The highest BCUT2D eigenvalue weighted by Gasteiger charge is 2.13. The molecule has 6 heteroatoms. The van der Waals surface area contributed by atoms with Crippen molar-refractivity contribution < 1.29 is 4.74 Å². The quantitative estimate of drug-likeness (QED) is 0.877. The zero-order valence-electron chi connectivity index (χ0n) is 10.8. The Morgan fingerprint density at radius 3 is 2.78 bits per heavy atom. The summed E-state index contributed by atoms with van der Waals surface area (Å²) in [6.07, 6.45) is 1.75. The van der Waals surface area contributed by atoms with Gasteiger partial charge in [-0.15, -0.1) is 10.2 Å². The molecule has 2 aromatic rings. The molecule has 6 nitrogen and oxygen atoms in total. The van der Waals surface area contributed by atoms with Crippen molar-refractivity contribution in [3.05, 3.63) is 23.4 Å². The summed E-state index contributed by atoms with van der Waals surface area (Å²) >= 11 is 0. The number of rotatable bonds is 4. The van der Waals surface area contributed by atoms with Crippen LogP contribution in [0.5, 0.6) is 0 Å². The standard InChI is InChI=1S/C12H17N5O/c1-8-9(2)12(13)16-15-11(8)10-4-5-14-17(10)6-7-18-3/h4-5H,6-7H2,1-3H3,(H2,13,16). The van der Waals surface area contributed by atoms with Gasteiger partial charge >= 0.3 is 0 Å². The minimum Gasteiger partial charge on any atom is -0.383 e. The maximum Gasteiger partial charge on any atom is 0.149 e. The Labute approximate surface area is 106 Å². The van der Waals surface area contributed by atoms with Gasteiger partial charge in [-0.1, -0.05) is 0 Å². The Bertz CT molecular complexity index is 549. The predicted molar refractivity (Wildman–Crippen MR) is 69.0 cm³/mol. The van der Waals surface area contributed by atoms with Crippen LogP contribution in [0.2, 0.25) is 0 Å². The molecule has 2 heterocycles. The first-order valence-corrected chi connectivity index (χ1v) is 5.75. The molecule has 0 amide bonds. The number of ether oxygens (including phenoxy) is 1. The van der Waals surface area contributed by atoms with Crippen LogP contribution in [0.3, 0.4) is 0 Å². The summed E-state index contributed by atoms with van der Waals surface area (Å²) < 4.78 is 6.92. The summed E-state index contributed by atoms with van der Waals surface area (Å²) in [4.78, 5) is 0. The van der Waals surface area contributed by atoms with E-state index < -0.39 is 0 Å². The molecular weight excluding hydrogens is 230 g/mol. The molecule has 0 atom stereocenters. The normalized spacial score (nSPS) is 10.8. The summed E-state index contributed by atoms with van der Waals surface area (Å²) in [7, 11) is 1.67. The number of aromatic nitrogens is 4. The van der Waals surface area contributed by atoms with Crippen LogP contribution < -0.4 is 5.73 Å². The highest BCUT2D eigenvalue weighted by molar-refractivity contribution is 5.62. The number of nitrogen functional groups attached to an aromatic ring is 1. The van der Waals surface area contributed by atoms with Gasteiger partial charge in [0.1, 0.15) is 11.5 Å². The van der Waals surface area contributed by atoms with Crippen LogP contribution >= 0.6 is 0 Å². The lowest BCUT2D eigenvalue weighted by molar-refractivity contribution is 0.184. The SMILES string of the molecule is COCCn1nccc1-c1nnc(N)c(C)c1C. The first-order chi connectivity index (χ1) is 8.65. The van der Waals surface area contributed by atoms with E-state index >= 15 is 0 Å². The van der Waals surface area contributed by atoms with Crippen LogP contribution in [0.1, 0.15) is 11.1 Å². The second kappa shape index (κ2) is 5.14. The van der Waals surface area contributed by atoms with E-state index in [1.807, 2.05) is 24.6 Å². The number of hydrogen-bond donors (Lipinski definition) is 1. The minimum absolute atomic E-state index is 0.471. The van der Waals surface area contributed by atoms with Crippen molar-refractivity contribution in [3.8, 4) is 11.4 Å². The number of nitrogens with two attached hydrogens (primary N) is 1. The smallest absolute Gasteiger partial charge is 0.149 e. The van der Waals surface area contributed by atoms with Crippen molar-refractivity contribution in [1.82, 2.24) is 20.0 Å². The van der Waals surface area contributed by atoms with Crippen LogP contribution in [0.15, 0.2) is 12.3 Å². The Kier molecular flexibility index (Phi) is 3.57. The van der Waals surface area contributed by atoms with E-state index in [2.05, 4.69) is 15.3 Å². The topological polar surface area (TPSA) is 78.8 Å². The molecule has 0 spiro atoms. The largest absolute Gasteiger partial charge is 0.383 e. The summed E-state index contributed by atoms with van der Waals surface area (Å²) in [6.45, 7) is 5.22. The molecule has 0 radical (unpaired) electrons. The highest BCUT2D eigenvalue weighted by Crippen LogP contribution is 2.24. The fourth-order valence-corrected chi connectivity index (χ4v) is 1.76. The van der Waals surface area contributed by atoms with E-state index in [0.29, 0.717) is 19.0 Å². The second-order valence-electron chi connectivity index (χ2n) is 4.12. The molecule has 2 aromatic heterocycles. The number of anilines is 1. The van der Waals surface area contributed by atoms with Gasteiger partial charge in [0.15, 0.2) is 0 Å². The van der Waals surface area contributed by atoms with Crippen molar-refractivity contribution in [2.24, 2.45) is 0 Å². The fraction of sp³-hybridized carbons (Fsp3) is 0.417. The van der Waals surface area contributed by atoms with Gasteiger partial charge in [-0.25, -0.2) is 0 Å². The van der Waals surface area contributed by atoms with Gasteiger partial charge < -0.3 is 10.5 Å². The minimum atomic E-state index is 0.471.